The third kappa shape index (κ3) is 5.56. The van der Waals surface area contributed by atoms with Gasteiger partial charge >= 0.3 is 0 Å². The lowest BCUT2D eigenvalue weighted by Crippen LogP contribution is -2.16. The first-order valence-electron chi connectivity index (χ1n) is 24.9. The van der Waals surface area contributed by atoms with Crippen molar-refractivity contribution in [3.8, 4) is 46.3 Å². The smallest absolute Gasteiger partial charge is 0.159 e. The second-order valence-electron chi connectivity index (χ2n) is 19.1. The molecule has 0 aliphatic rings. The molecule has 16 aromatic rings. The van der Waals surface area contributed by atoms with Crippen molar-refractivity contribution in [2.24, 2.45) is 0 Å². The normalized spacial score (nSPS) is 12.0. The van der Waals surface area contributed by atoms with E-state index in [2.05, 4.69) is 231 Å². The summed E-state index contributed by atoms with van der Waals surface area (Å²) in [5.74, 6) is 0.580. The molecule has 16 rings (SSSR count). The van der Waals surface area contributed by atoms with E-state index in [1.54, 1.807) is 23.7 Å². The van der Waals surface area contributed by atoms with Crippen LogP contribution in [0.25, 0.3) is 142 Å². The molecule has 346 valence electrons. The van der Waals surface area contributed by atoms with E-state index in [9.17, 15) is 10.5 Å². The highest BCUT2D eigenvalue weighted by molar-refractivity contribution is 7.26. The summed E-state index contributed by atoms with van der Waals surface area (Å²) < 4.78 is 11.3. The number of thiophene rings is 1. The van der Waals surface area contributed by atoms with E-state index in [0.717, 1.165) is 103 Å². The summed E-state index contributed by atoms with van der Waals surface area (Å²) >= 11 is 1.78. The van der Waals surface area contributed by atoms with Gasteiger partial charge in [0.1, 0.15) is 23.3 Å². The van der Waals surface area contributed by atoms with E-state index >= 15 is 0 Å². The Morgan fingerprint density at radius 3 is 1.13 bits per heavy atom. The molecular formula is C66H36N8S. The number of aromatic nitrogens is 6. The van der Waals surface area contributed by atoms with Gasteiger partial charge in [-0.25, -0.2) is 9.97 Å². The topological polar surface area (TPSA) is 93.1 Å². The molecule has 75 heavy (non-hydrogen) atoms. The number of fused-ring (bicyclic) bond motifs is 16. The zero-order valence-corrected chi connectivity index (χ0v) is 40.6. The molecule has 9 heteroatoms. The van der Waals surface area contributed by atoms with E-state index in [0.29, 0.717) is 39.7 Å². The van der Waals surface area contributed by atoms with E-state index in [-0.39, 0.29) is 0 Å². The zero-order chi connectivity index (χ0) is 49.5. The molecule has 10 aromatic carbocycles. The number of rotatable bonds is 5. The molecule has 6 aromatic heterocycles. The van der Waals surface area contributed by atoms with Gasteiger partial charge < -0.3 is 18.3 Å². The van der Waals surface area contributed by atoms with Crippen LogP contribution in [0.5, 0.6) is 0 Å². The summed E-state index contributed by atoms with van der Waals surface area (Å²) in [4.78, 5) is 9.50. The van der Waals surface area contributed by atoms with Crippen LogP contribution < -0.4 is 0 Å². The molecule has 0 N–H and O–H groups in total. The van der Waals surface area contributed by atoms with Crippen LogP contribution in [0, 0.1) is 22.7 Å². The number of nitriles is 2. The Bertz CT molecular complexity index is 5070. The minimum absolute atomic E-state index is 0.394. The Kier molecular flexibility index (Phi) is 8.59. The number of nitrogens with zero attached hydrogens (tertiary/aromatic N) is 8. The van der Waals surface area contributed by atoms with Gasteiger partial charge in [0, 0.05) is 81.2 Å². The molecule has 0 radical (unpaired) electrons. The molecule has 6 heterocycles. The van der Waals surface area contributed by atoms with Gasteiger partial charge in [0.05, 0.1) is 66.9 Å². The Morgan fingerprint density at radius 1 is 0.333 bits per heavy atom. The van der Waals surface area contributed by atoms with Crippen LogP contribution in [0.1, 0.15) is 11.1 Å². The maximum absolute atomic E-state index is 12.7. The molecule has 0 bridgehead atoms. The second-order valence-corrected chi connectivity index (χ2v) is 20.1. The standard InChI is InChI=1S/C66H36N8S/c67-37-49-61(71-51-23-8-1-16-40(51)41-17-2-9-24-52(41)71)62(72-53-25-10-3-18-42(53)43-19-4-11-26-54(43)72)50(38-68)64(63(49)73-55-27-12-5-20-44(55)45-21-6-13-28-56(45)73)74-57-33-32-47-46-22-7-14-29-59(46)75-65(47)60(57)48-31-30-39(36-58(48)74)66-69-34-15-35-70-66/h1-36H. The highest BCUT2D eigenvalue weighted by Crippen LogP contribution is 2.50. The van der Waals surface area contributed by atoms with Crippen molar-refractivity contribution < 1.29 is 0 Å². The maximum Gasteiger partial charge on any atom is 0.159 e. The number of benzene rings is 10. The van der Waals surface area contributed by atoms with E-state index in [1.165, 1.54) is 10.1 Å². The first-order valence-corrected chi connectivity index (χ1v) is 25.7. The summed E-state index contributed by atoms with van der Waals surface area (Å²) in [6.07, 6.45) is 3.53. The van der Waals surface area contributed by atoms with Gasteiger partial charge in [0.25, 0.3) is 0 Å². The quantitative estimate of drug-likeness (QED) is 0.172. The second kappa shape index (κ2) is 15.6. The van der Waals surface area contributed by atoms with Crippen molar-refractivity contribution in [3.63, 3.8) is 0 Å². The fourth-order valence-electron chi connectivity index (χ4n) is 12.4. The average molecular weight is 973 g/mol. The number of hydrogen-bond donors (Lipinski definition) is 0. The molecule has 8 nitrogen and oxygen atoms in total. The SMILES string of the molecule is N#Cc1c(-n2c3ccccc3c3ccccc32)c(-n2c3ccccc3c3ccccc32)c(C#N)c(-n2c3cc(-c4ncccn4)ccc3c3c4sc5ccccc5c4ccc32)c1-n1c2ccccc2c2ccccc21. The van der Waals surface area contributed by atoms with Gasteiger partial charge in [0.2, 0.25) is 0 Å². The maximum atomic E-state index is 12.7. The van der Waals surface area contributed by atoms with Gasteiger partial charge in [-0.05, 0) is 60.7 Å². The van der Waals surface area contributed by atoms with Gasteiger partial charge in [-0.15, -0.1) is 11.3 Å². The van der Waals surface area contributed by atoms with Crippen molar-refractivity contribution in [1.82, 2.24) is 28.2 Å². The number of para-hydroxylation sites is 6. The van der Waals surface area contributed by atoms with Crippen LogP contribution in [-0.4, -0.2) is 28.2 Å². The lowest BCUT2D eigenvalue weighted by atomic mass is 9.98. The van der Waals surface area contributed by atoms with Crippen LogP contribution in [0.3, 0.4) is 0 Å². The molecular weight excluding hydrogens is 937 g/mol. The largest absolute Gasteiger partial charge is 0.306 e. The van der Waals surface area contributed by atoms with Crippen LogP contribution in [0.4, 0.5) is 0 Å². The molecule has 0 aliphatic carbocycles. The Balaban J connectivity index is 1.22. The molecule has 0 amide bonds. The predicted molar refractivity (Wildman–Crippen MR) is 307 cm³/mol. The van der Waals surface area contributed by atoms with Gasteiger partial charge in [-0.3, -0.25) is 0 Å². The lowest BCUT2D eigenvalue weighted by molar-refractivity contribution is 1.02. The highest BCUT2D eigenvalue weighted by Gasteiger charge is 2.35. The molecule has 0 saturated carbocycles. The molecule has 0 unspecified atom stereocenters. The summed E-state index contributed by atoms with van der Waals surface area (Å²) in [5, 5.41) is 36.0. The number of hydrogen-bond acceptors (Lipinski definition) is 5. The highest BCUT2D eigenvalue weighted by atomic mass is 32.1. The third-order valence-electron chi connectivity index (χ3n) is 15.4. The van der Waals surface area contributed by atoms with Crippen molar-refractivity contribution >= 4 is 119 Å². The Hall–Kier alpha value is -10.3. The molecule has 0 atom stereocenters. The van der Waals surface area contributed by atoms with Gasteiger partial charge in [-0.2, -0.15) is 10.5 Å². The molecule has 0 spiro atoms. The first-order chi connectivity index (χ1) is 37.2. The van der Waals surface area contributed by atoms with Crippen molar-refractivity contribution in [2.75, 3.05) is 0 Å². The minimum atomic E-state index is 0.394. The fraction of sp³-hybridized carbons (Fsp3) is 0. The van der Waals surface area contributed by atoms with Gasteiger partial charge in [0.15, 0.2) is 5.82 Å². The zero-order valence-electron chi connectivity index (χ0n) is 39.8. The summed E-state index contributed by atoms with van der Waals surface area (Å²) in [5.41, 5.74) is 11.2. The van der Waals surface area contributed by atoms with Crippen molar-refractivity contribution in [1.29, 1.82) is 10.5 Å². The fourth-order valence-corrected chi connectivity index (χ4v) is 13.6. The minimum Gasteiger partial charge on any atom is -0.306 e. The summed E-state index contributed by atoms with van der Waals surface area (Å²) in [6.45, 7) is 0. The Labute approximate surface area is 431 Å². The van der Waals surface area contributed by atoms with Crippen LogP contribution >= 0.6 is 11.3 Å². The van der Waals surface area contributed by atoms with Crippen LogP contribution in [0.15, 0.2) is 219 Å². The molecule has 0 aliphatic heterocycles. The van der Waals surface area contributed by atoms with E-state index < -0.39 is 0 Å². The lowest BCUT2D eigenvalue weighted by Gasteiger charge is -2.27. The summed E-state index contributed by atoms with van der Waals surface area (Å²) in [7, 11) is 0. The van der Waals surface area contributed by atoms with Gasteiger partial charge in [-0.1, -0.05) is 146 Å². The van der Waals surface area contributed by atoms with E-state index in [4.69, 9.17) is 9.97 Å². The van der Waals surface area contributed by atoms with Crippen LogP contribution in [-0.2, 0) is 0 Å². The first kappa shape index (κ1) is 41.3. The predicted octanol–water partition coefficient (Wildman–Crippen LogP) is 16.6. The Morgan fingerprint density at radius 2 is 0.707 bits per heavy atom. The monoisotopic (exact) mass is 972 g/mol. The van der Waals surface area contributed by atoms with E-state index in [1.807, 2.05) is 6.07 Å². The van der Waals surface area contributed by atoms with Crippen molar-refractivity contribution in [2.45, 2.75) is 0 Å². The summed E-state index contributed by atoms with van der Waals surface area (Å²) in [6, 6.07) is 77.6. The average Bonchev–Trinajstić information content (AvgIpc) is 4.29. The molecule has 0 fully saturated rings. The van der Waals surface area contributed by atoms with Crippen LogP contribution in [0.2, 0.25) is 0 Å². The van der Waals surface area contributed by atoms with Crippen molar-refractivity contribution in [3.05, 3.63) is 230 Å². The third-order valence-corrected chi connectivity index (χ3v) is 16.6. The molecule has 0 saturated heterocycles.